The summed E-state index contributed by atoms with van der Waals surface area (Å²) in [5.74, 6) is 1.45. The Morgan fingerprint density at radius 2 is 1.35 bits per heavy atom. The number of nitrogens with zero attached hydrogens (tertiary/aromatic N) is 4. The number of furan rings is 1. The Labute approximate surface area is 417 Å². The molecule has 0 fully saturated rings. The van der Waals surface area contributed by atoms with Gasteiger partial charge in [-0.05, 0) is 89.5 Å². The van der Waals surface area contributed by atoms with E-state index in [-0.39, 0.29) is 25.5 Å². The Kier molecular flexibility index (Phi) is 13.8. The fourth-order valence-corrected chi connectivity index (χ4v) is 10.9. The molecule has 0 unspecified atom stereocenters. The zero-order valence-electron chi connectivity index (χ0n) is 41.2. The summed E-state index contributed by atoms with van der Waals surface area (Å²) in [6, 6.07) is 56.0. The number of pyridine rings is 2. The molecule has 10 aromatic rings. The summed E-state index contributed by atoms with van der Waals surface area (Å²) < 4.78 is 9.07. The topological polar surface area (TPSA) is 56.7 Å². The largest absolute Gasteiger partial charge is 0.499 e. The number of para-hydroxylation sites is 2. The minimum absolute atomic E-state index is 0. The van der Waals surface area contributed by atoms with Crippen LogP contribution in [0.3, 0.4) is 0 Å². The van der Waals surface area contributed by atoms with E-state index in [1.165, 1.54) is 16.3 Å². The second-order valence-corrected chi connectivity index (χ2v) is 25.4. The maximum absolute atomic E-state index is 6.74. The molecule has 7 heteroatoms. The summed E-state index contributed by atoms with van der Waals surface area (Å²) >= 11 is 0. The summed E-state index contributed by atoms with van der Waals surface area (Å²) in [5.41, 5.74) is 17.8. The molecule has 6 aromatic carbocycles. The van der Waals surface area contributed by atoms with Gasteiger partial charge in [0.05, 0.1) is 41.9 Å². The molecule has 0 amide bonds. The van der Waals surface area contributed by atoms with E-state index in [1.807, 2.05) is 32.0 Å². The van der Waals surface area contributed by atoms with Crippen molar-refractivity contribution in [2.75, 3.05) is 0 Å². The smallest absolute Gasteiger partial charge is 0.142 e. The minimum Gasteiger partial charge on any atom is -0.499 e. The molecular weight excluding hydrogens is 1030 g/mol. The Morgan fingerprint density at radius 1 is 0.721 bits per heavy atom. The van der Waals surface area contributed by atoms with Gasteiger partial charge in [0, 0.05) is 48.5 Å². The number of hydrogen-bond acceptors (Lipinski definition) is 4. The van der Waals surface area contributed by atoms with Crippen LogP contribution in [0.15, 0.2) is 150 Å². The van der Waals surface area contributed by atoms with E-state index in [0.29, 0.717) is 5.92 Å². The van der Waals surface area contributed by atoms with Gasteiger partial charge in [-0.2, -0.15) is 0 Å². The van der Waals surface area contributed by atoms with Gasteiger partial charge in [0.25, 0.3) is 0 Å². The van der Waals surface area contributed by atoms with Crippen molar-refractivity contribution in [3.63, 3.8) is 0 Å². The standard InChI is InChI=1S/C43H36N3O.C18H24NSi.Ir/c1-26-21-22-32(41-38(26)35-23-27(2)44-28(3)40(35)47-41)42-45-36-19-13-14-20-37(36)46(42)39-33(29-15-9-7-10-16-29)24-31(43(4,5)6)25-34(39)30-17-11-8-12-18-30;1-14(2)11-16-12-17(15-9-7-6-8-10-15)19-13-18(16)20(3,4)5;/h7-21,23-25H,1-6H3;6-9,12-14H,11H2,1-5H3;/q2*-1;. The monoisotopic (exact) mass is 1090 g/mol. The number of aromatic nitrogens is 4. The normalized spacial score (nSPS) is 11.8. The Hall–Kier alpha value is -6.24. The van der Waals surface area contributed by atoms with Crippen LogP contribution in [-0.4, -0.2) is 27.6 Å². The SMILES string of the molecule is CC(C)Cc1cc(-c2[c-]cccc2)ncc1[Si](C)(C)C.Cc1cc2c(oc3c(-c4nc5ccccc5n4-c4c(-c5ccccc5)cc(C(C)(C)C)cc4-c4ccccc4)[c-]cc(C)c32)c(C)n1.[Ir]. The van der Waals surface area contributed by atoms with Crippen LogP contribution in [0.1, 0.15) is 62.7 Å². The molecule has 345 valence electrons. The summed E-state index contributed by atoms with van der Waals surface area (Å²) in [6.07, 6.45) is 3.24. The van der Waals surface area contributed by atoms with E-state index < -0.39 is 8.07 Å². The van der Waals surface area contributed by atoms with Gasteiger partial charge in [-0.3, -0.25) is 9.97 Å². The second-order valence-electron chi connectivity index (χ2n) is 20.4. The number of hydrogen-bond donors (Lipinski definition) is 0. The molecule has 0 saturated carbocycles. The summed E-state index contributed by atoms with van der Waals surface area (Å²) in [6.45, 7) is 24.7. The first kappa shape index (κ1) is 48.2. The third-order valence-electron chi connectivity index (χ3n) is 12.6. The average molecular weight is 1090 g/mol. The van der Waals surface area contributed by atoms with E-state index in [4.69, 9.17) is 14.4 Å². The molecule has 0 aliphatic rings. The predicted molar refractivity (Wildman–Crippen MR) is 284 cm³/mol. The van der Waals surface area contributed by atoms with E-state index in [2.05, 4.69) is 210 Å². The molecule has 5 nitrogen and oxygen atoms in total. The second kappa shape index (κ2) is 19.4. The molecule has 0 N–H and O–H groups in total. The molecule has 0 aliphatic carbocycles. The van der Waals surface area contributed by atoms with Gasteiger partial charge in [-0.15, -0.1) is 53.6 Å². The van der Waals surface area contributed by atoms with Gasteiger partial charge in [0.2, 0.25) is 0 Å². The van der Waals surface area contributed by atoms with Crippen molar-refractivity contribution in [3.05, 3.63) is 186 Å². The molecule has 0 aliphatic heterocycles. The van der Waals surface area contributed by atoms with Gasteiger partial charge in [-0.1, -0.05) is 157 Å². The van der Waals surface area contributed by atoms with E-state index in [1.54, 1.807) is 0 Å². The maximum atomic E-state index is 6.74. The van der Waals surface area contributed by atoms with Gasteiger partial charge in [0.15, 0.2) is 0 Å². The molecule has 4 heterocycles. The fraction of sp³-hybridized carbons (Fsp3) is 0.230. The van der Waals surface area contributed by atoms with E-state index >= 15 is 0 Å². The van der Waals surface area contributed by atoms with Crippen molar-refractivity contribution in [3.8, 4) is 50.6 Å². The van der Waals surface area contributed by atoms with Crippen molar-refractivity contribution in [1.82, 2.24) is 19.5 Å². The molecular formula is C61H60IrN4OSi-2. The molecule has 0 spiro atoms. The van der Waals surface area contributed by atoms with E-state index in [9.17, 15) is 0 Å². The van der Waals surface area contributed by atoms with Crippen molar-refractivity contribution in [1.29, 1.82) is 0 Å². The van der Waals surface area contributed by atoms with Crippen LogP contribution >= 0.6 is 0 Å². The molecule has 0 atom stereocenters. The average Bonchev–Trinajstić information content (AvgIpc) is 3.89. The molecule has 68 heavy (non-hydrogen) atoms. The maximum Gasteiger partial charge on any atom is 0.142 e. The van der Waals surface area contributed by atoms with Crippen LogP contribution in [0.4, 0.5) is 0 Å². The zero-order chi connectivity index (χ0) is 47.2. The van der Waals surface area contributed by atoms with Crippen molar-refractivity contribution >= 4 is 46.2 Å². The minimum atomic E-state index is -1.34. The predicted octanol–water partition coefficient (Wildman–Crippen LogP) is 15.6. The summed E-state index contributed by atoms with van der Waals surface area (Å²) in [7, 11) is -1.34. The van der Waals surface area contributed by atoms with Gasteiger partial charge < -0.3 is 14.0 Å². The van der Waals surface area contributed by atoms with Gasteiger partial charge >= 0.3 is 0 Å². The molecule has 10 rings (SSSR count). The van der Waals surface area contributed by atoms with Crippen LogP contribution in [-0.2, 0) is 31.9 Å². The van der Waals surface area contributed by atoms with Crippen LogP contribution in [0.2, 0.25) is 19.6 Å². The first-order valence-electron chi connectivity index (χ1n) is 23.5. The number of benzene rings is 6. The number of rotatable bonds is 8. The summed E-state index contributed by atoms with van der Waals surface area (Å²) in [4.78, 5) is 14.8. The first-order chi connectivity index (χ1) is 32.1. The molecule has 0 bridgehead atoms. The van der Waals surface area contributed by atoms with Gasteiger partial charge in [-0.25, -0.2) is 0 Å². The van der Waals surface area contributed by atoms with Crippen molar-refractivity contribution in [2.24, 2.45) is 5.92 Å². The van der Waals surface area contributed by atoms with E-state index in [0.717, 1.165) is 107 Å². The van der Waals surface area contributed by atoms with Gasteiger partial charge in [0.1, 0.15) is 5.58 Å². The zero-order valence-corrected chi connectivity index (χ0v) is 44.6. The number of imidazole rings is 1. The molecule has 0 saturated heterocycles. The fourth-order valence-electron chi connectivity index (χ4n) is 9.34. The Balaban J connectivity index is 0.000000251. The third-order valence-corrected chi connectivity index (χ3v) is 14.7. The third kappa shape index (κ3) is 9.58. The Morgan fingerprint density at radius 3 is 1.96 bits per heavy atom. The van der Waals surface area contributed by atoms with Crippen LogP contribution in [0.25, 0.3) is 83.6 Å². The van der Waals surface area contributed by atoms with Crippen LogP contribution in [0, 0.1) is 38.8 Å². The summed E-state index contributed by atoms with van der Waals surface area (Å²) in [5, 5.41) is 3.64. The molecule has 4 aromatic heterocycles. The van der Waals surface area contributed by atoms with Crippen LogP contribution < -0.4 is 5.19 Å². The Bertz CT molecular complexity index is 3340. The number of aryl methyl sites for hydroxylation is 3. The molecule has 1 radical (unpaired) electrons. The number of fused-ring (bicyclic) bond motifs is 4. The quantitative estimate of drug-likeness (QED) is 0.112. The van der Waals surface area contributed by atoms with Crippen LogP contribution in [0.5, 0.6) is 0 Å². The van der Waals surface area contributed by atoms with Crippen molar-refractivity contribution in [2.45, 2.75) is 86.9 Å². The first-order valence-corrected chi connectivity index (χ1v) is 27.0. The van der Waals surface area contributed by atoms with Crippen molar-refractivity contribution < 1.29 is 24.5 Å².